The second-order valence-electron chi connectivity index (χ2n) is 6.32. The molecule has 0 spiro atoms. The molecule has 2 aliphatic rings. The van der Waals surface area contributed by atoms with Crippen LogP contribution in [-0.2, 0) is 6.54 Å². The Kier molecular flexibility index (Phi) is 4.63. The lowest BCUT2D eigenvalue weighted by molar-refractivity contribution is 0.127. The quantitative estimate of drug-likeness (QED) is 0.915. The molecule has 0 bridgehead atoms. The van der Waals surface area contributed by atoms with E-state index in [1.165, 1.54) is 51.9 Å². The van der Waals surface area contributed by atoms with Crippen LogP contribution in [0.4, 0.5) is 0 Å². The van der Waals surface area contributed by atoms with Crippen molar-refractivity contribution >= 4 is 0 Å². The summed E-state index contributed by atoms with van der Waals surface area (Å²) < 4.78 is 0. The second kappa shape index (κ2) is 6.64. The van der Waals surface area contributed by atoms with Crippen LogP contribution in [0.5, 0.6) is 0 Å². The van der Waals surface area contributed by atoms with Crippen LogP contribution < -0.4 is 5.32 Å². The number of nitrogens with one attached hydrogen (secondary N) is 1. The molecule has 4 nitrogen and oxygen atoms in total. The maximum Gasteiger partial charge on any atom is 0.125 e. The fourth-order valence-corrected chi connectivity index (χ4v) is 3.69. The number of aryl methyl sites for hydroxylation is 1. The zero-order chi connectivity index (χ0) is 13.8. The van der Waals surface area contributed by atoms with Crippen LogP contribution in [-0.4, -0.2) is 41.0 Å². The third-order valence-corrected chi connectivity index (χ3v) is 4.85. The van der Waals surface area contributed by atoms with Crippen LogP contribution in [0.3, 0.4) is 0 Å². The Morgan fingerprint density at radius 1 is 1.25 bits per heavy atom. The Labute approximate surface area is 122 Å². The maximum atomic E-state index is 4.51. The van der Waals surface area contributed by atoms with E-state index in [9.17, 15) is 0 Å². The van der Waals surface area contributed by atoms with Crippen molar-refractivity contribution in [2.75, 3.05) is 26.2 Å². The van der Waals surface area contributed by atoms with Gasteiger partial charge in [-0.15, -0.1) is 0 Å². The van der Waals surface area contributed by atoms with Gasteiger partial charge in [-0.3, -0.25) is 4.90 Å². The van der Waals surface area contributed by atoms with Crippen molar-refractivity contribution in [3.05, 3.63) is 23.8 Å². The highest BCUT2D eigenvalue weighted by atomic mass is 15.1. The van der Waals surface area contributed by atoms with Gasteiger partial charge in [0.25, 0.3) is 0 Å². The van der Waals surface area contributed by atoms with E-state index < -0.39 is 0 Å². The minimum absolute atomic E-state index is 0.880. The summed E-state index contributed by atoms with van der Waals surface area (Å²) in [4.78, 5) is 11.2. The summed E-state index contributed by atoms with van der Waals surface area (Å²) in [5.41, 5.74) is 1.16. The summed E-state index contributed by atoms with van der Waals surface area (Å²) in [5, 5.41) is 3.56. The van der Waals surface area contributed by atoms with Crippen molar-refractivity contribution in [3.8, 4) is 0 Å². The van der Waals surface area contributed by atoms with Gasteiger partial charge in [0.05, 0.1) is 5.69 Å². The van der Waals surface area contributed by atoms with E-state index in [0.29, 0.717) is 0 Å². The third-order valence-electron chi connectivity index (χ3n) is 4.85. The average Bonchev–Trinajstić information content (AvgIpc) is 2.49. The molecular formula is C16H26N4. The molecule has 1 N–H and O–H groups in total. The van der Waals surface area contributed by atoms with Crippen molar-refractivity contribution < 1.29 is 0 Å². The molecule has 1 aromatic heterocycles. The topological polar surface area (TPSA) is 41.1 Å². The molecule has 0 radical (unpaired) electrons. The van der Waals surface area contributed by atoms with Crippen LogP contribution in [0.2, 0.25) is 0 Å². The molecule has 0 aromatic carbocycles. The lowest BCUT2D eigenvalue weighted by atomic mass is 9.80. The van der Waals surface area contributed by atoms with Gasteiger partial charge in [0.2, 0.25) is 0 Å². The molecule has 4 heteroatoms. The zero-order valence-electron chi connectivity index (χ0n) is 12.5. The number of rotatable bonds is 3. The highest BCUT2D eigenvalue weighted by Crippen LogP contribution is 2.29. The first-order chi connectivity index (χ1) is 9.81. The van der Waals surface area contributed by atoms with Crippen molar-refractivity contribution in [3.63, 3.8) is 0 Å². The largest absolute Gasteiger partial charge is 0.316 e. The average molecular weight is 274 g/mol. The summed E-state index contributed by atoms with van der Waals surface area (Å²) >= 11 is 0. The van der Waals surface area contributed by atoms with Gasteiger partial charge in [-0.2, -0.15) is 0 Å². The lowest BCUT2D eigenvalue weighted by Gasteiger charge is -2.37. The van der Waals surface area contributed by atoms with E-state index in [1.54, 1.807) is 0 Å². The van der Waals surface area contributed by atoms with Crippen LogP contribution in [0.15, 0.2) is 12.3 Å². The summed E-state index contributed by atoms with van der Waals surface area (Å²) in [6, 6.07) is 2.05. The Morgan fingerprint density at radius 3 is 2.80 bits per heavy atom. The molecule has 0 aliphatic carbocycles. The minimum atomic E-state index is 0.880. The maximum absolute atomic E-state index is 4.51. The van der Waals surface area contributed by atoms with Gasteiger partial charge >= 0.3 is 0 Å². The van der Waals surface area contributed by atoms with Gasteiger partial charge < -0.3 is 5.32 Å². The molecule has 1 unspecified atom stereocenters. The zero-order valence-corrected chi connectivity index (χ0v) is 12.5. The van der Waals surface area contributed by atoms with E-state index in [-0.39, 0.29) is 0 Å². The molecule has 0 amide bonds. The minimum Gasteiger partial charge on any atom is -0.316 e. The van der Waals surface area contributed by atoms with Gasteiger partial charge in [-0.05, 0) is 76.7 Å². The predicted octanol–water partition coefficient (Wildman–Crippen LogP) is 2.00. The molecule has 20 heavy (non-hydrogen) atoms. The number of aromatic nitrogens is 2. The summed E-state index contributed by atoms with van der Waals surface area (Å²) in [6.07, 6.45) is 7.39. The highest BCUT2D eigenvalue weighted by Gasteiger charge is 2.27. The number of hydrogen-bond acceptors (Lipinski definition) is 4. The Bertz CT molecular complexity index is 420. The summed E-state index contributed by atoms with van der Waals surface area (Å²) in [5.74, 6) is 2.74. The molecule has 110 valence electrons. The van der Waals surface area contributed by atoms with Crippen molar-refractivity contribution in [1.29, 1.82) is 0 Å². The lowest BCUT2D eigenvalue weighted by Crippen LogP contribution is -2.40. The Hall–Kier alpha value is -1.00. The molecule has 2 fully saturated rings. The normalized spacial score (nSPS) is 25.8. The monoisotopic (exact) mass is 274 g/mol. The molecule has 0 saturated carbocycles. The predicted molar refractivity (Wildman–Crippen MR) is 80.4 cm³/mol. The molecule has 1 atom stereocenters. The number of likely N-dealkylation sites (tertiary alicyclic amines) is 1. The van der Waals surface area contributed by atoms with E-state index in [4.69, 9.17) is 0 Å². The van der Waals surface area contributed by atoms with Crippen molar-refractivity contribution in [1.82, 2.24) is 20.2 Å². The first-order valence-corrected chi connectivity index (χ1v) is 8.03. The standard InChI is InChI=1S/C16H26N4/c1-13-18-8-4-16(19-13)12-20-9-5-14(6-10-20)15-3-2-7-17-11-15/h4,8,14-15,17H,2-3,5-7,9-12H2,1H3. The summed E-state index contributed by atoms with van der Waals surface area (Å²) in [6.45, 7) is 7.87. The first kappa shape index (κ1) is 14.0. The molecule has 1 aromatic rings. The number of hydrogen-bond donors (Lipinski definition) is 1. The third kappa shape index (κ3) is 3.55. The van der Waals surface area contributed by atoms with E-state index >= 15 is 0 Å². The second-order valence-corrected chi connectivity index (χ2v) is 6.32. The fraction of sp³-hybridized carbons (Fsp3) is 0.750. The molecule has 3 heterocycles. The highest BCUT2D eigenvalue weighted by molar-refractivity contribution is 5.01. The van der Waals surface area contributed by atoms with Crippen LogP contribution in [0.25, 0.3) is 0 Å². The first-order valence-electron chi connectivity index (χ1n) is 8.03. The van der Waals surface area contributed by atoms with E-state index in [1.807, 2.05) is 19.2 Å². The van der Waals surface area contributed by atoms with Gasteiger partial charge in [-0.25, -0.2) is 9.97 Å². The van der Waals surface area contributed by atoms with Crippen molar-refractivity contribution in [2.24, 2.45) is 11.8 Å². The molecular weight excluding hydrogens is 248 g/mol. The summed E-state index contributed by atoms with van der Waals surface area (Å²) in [7, 11) is 0. The smallest absolute Gasteiger partial charge is 0.125 e. The SMILES string of the molecule is Cc1nccc(CN2CCC(C3CCCNC3)CC2)n1. The molecule has 2 saturated heterocycles. The molecule has 2 aliphatic heterocycles. The van der Waals surface area contributed by atoms with E-state index in [2.05, 4.69) is 20.2 Å². The van der Waals surface area contributed by atoms with E-state index in [0.717, 1.165) is 29.9 Å². The van der Waals surface area contributed by atoms with Crippen LogP contribution >= 0.6 is 0 Å². The van der Waals surface area contributed by atoms with Gasteiger partial charge in [-0.1, -0.05) is 0 Å². The van der Waals surface area contributed by atoms with Gasteiger partial charge in [0.15, 0.2) is 0 Å². The fourth-order valence-electron chi connectivity index (χ4n) is 3.69. The van der Waals surface area contributed by atoms with Gasteiger partial charge in [0, 0.05) is 12.7 Å². The van der Waals surface area contributed by atoms with Crippen LogP contribution in [0.1, 0.15) is 37.2 Å². The number of nitrogens with zero attached hydrogens (tertiary/aromatic N) is 3. The van der Waals surface area contributed by atoms with Crippen molar-refractivity contribution in [2.45, 2.75) is 39.2 Å². The van der Waals surface area contributed by atoms with Crippen LogP contribution in [0, 0.1) is 18.8 Å². The Morgan fingerprint density at radius 2 is 2.10 bits per heavy atom. The Balaban J connectivity index is 1.48. The number of piperidine rings is 2. The van der Waals surface area contributed by atoms with Gasteiger partial charge in [0.1, 0.15) is 5.82 Å². The molecule has 3 rings (SSSR count).